The third kappa shape index (κ3) is 5.44. The Kier molecular flexibility index (Phi) is 7.78. The fourth-order valence-electron chi connectivity index (χ4n) is 9.01. The van der Waals surface area contributed by atoms with Crippen molar-refractivity contribution in [3.05, 3.63) is 212 Å². The van der Waals surface area contributed by atoms with Crippen molar-refractivity contribution in [1.29, 1.82) is 0 Å². The molecule has 0 spiro atoms. The van der Waals surface area contributed by atoms with Crippen molar-refractivity contribution in [2.45, 2.75) is 0 Å². The van der Waals surface area contributed by atoms with Gasteiger partial charge in [-0.1, -0.05) is 182 Å². The summed E-state index contributed by atoms with van der Waals surface area (Å²) < 4.78 is 4.84. The third-order valence-corrected chi connectivity index (χ3v) is 11.8. The number of benzene rings is 9. The van der Waals surface area contributed by atoms with Crippen molar-refractivity contribution in [3.63, 3.8) is 0 Å². The first kappa shape index (κ1) is 33.9. The molecular formula is C55H35N5. The Hall–Kier alpha value is -8.15. The summed E-state index contributed by atoms with van der Waals surface area (Å²) in [5, 5.41) is 5.73. The van der Waals surface area contributed by atoms with Gasteiger partial charge in [-0.15, -0.1) is 0 Å². The van der Waals surface area contributed by atoms with Crippen LogP contribution in [0.1, 0.15) is 0 Å². The molecule has 0 aliphatic carbocycles. The summed E-state index contributed by atoms with van der Waals surface area (Å²) in [4.78, 5) is 15.5. The molecule has 0 aliphatic heterocycles. The second kappa shape index (κ2) is 13.8. The van der Waals surface area contributed by atoms with E-state index in [1.807, 2.05) is 0 Å². The summed E-state index contributed by atoms with van der Waals surface area (Å²) in [6.07, 6.45) is 0. The van der Waals surface area contributed by atoms with Gasteiger partial charge in [0.05, 0.1) is 16.6 Å². The molecule has 0 fully saturated rings. The molecule has 5 nitrogen and oxygen atoms in total. The van der Waals surface area contributed by atoms with Crippen LogP contribution in [-0.2, 0) is 0 Å². The third-order valence-electron chi connectivity index (χ3n) is 11.8. The van der Waals surface area contributed by atoms with Crippen LogP contribution in [0.15, 0.2) is 212 Å². The molecule has 12 rings (SSSR count). The van der Waals surface area contributed by atoms with Crippen LogP contribution in [0.2, 0.25) is 0 Å². The van der Waals surface area contributed by atoms with E-state index >= 15 is 0 Å². The average molecular weight is 766 g/mol. The van der Waals surface area contributed by atoms with E-state index in [-0.39, 0.29) is 0 Å². The van der Waals surface area contributed by atoms with E-state index in [0.717, 1.165) is 66.2 Å². The molecular weight excluding hydrogens is 731 g/mol. The fourth-order valence-corrected chi connectivity index (χ4v) is 9.01. The summed E-state index contributed by atoms with van der Waals surface area (Å²) in [5.74, 6) is 1.93. The van der Waals surface area contributed by atoms with Gasteiger partial charge in [0.15, 0.2) is 17.5 Å². The molecule has 280 valence electrons. The zero-order chi connectivity index (χ0) is 39.6. The second-order valence-electron chi connectivity index (χ2n) is 15.2. The lowest BCUT2D eigenvalue weighted by Crippen LogP contribution is -2.01. The number of para-hydroxylation sites is 3. The predicted molar refractivity (Wildman–Crippen MR) is 247 cm³/mol. The van der Waals surface area contributed by atoms with Crippen molar-refractivity contribution >= 4 is 49.1 Å². The van der Waals surface area contributed by atoms with Crippen molar-refractivity contribution in [3.8, 4) is 62.1 Å². The molecule has 0 saturated heterocycles. The molecule has 60 heavy (non-hydrogen) atoms. The Balaban J connectivity index is 0.998. The van der Waals surface area contributed by atoms with Gasteiger partial charge < -0.3 is 0 Å². The average Bonchev–Trinajstić information content (AvgIpc) is 3.84. The van der Waals surface area contributed by atoms with Gasteiger partial charge in [0.1, 0.15) is 5.65 Å². The summed E-state index contributed by atoms with van der Waals surface area (Å²) >= 11 is 0. The number of imidazole rings is 1. The minimum absolute atomic E-state index is 0.631. The van der Waals surface area contributed by atoms with Gasteiger partial charge in [-0.3, -0.25) is 8.97 Å². The molecule has 0 atom stereocenters. The summed E-state index contributed by atoms with van der Waals surface area (Å²) in [5.41, 5.74) is 13.3. The Morgan fingerprint density at radius 3 is 1.50 bits per heavy atom. The van der Waals surface area contributed by atoms with E-state index in [1.54, 1.807) is 0 Å². The monoisotopic (exact) mass is 765 g/mol. The van der Waals surface area contributed by atoms with Gasteiger partial charge in [-0.25, -0.2) is 15.0 Å². The molecule has 0 saturated carbocycles. The zero-order valence-electron chi connectivity index (χ0n) is 32.4. The topological polar surface area (TPSA) is 48.0 Å². The maximum Gasteiger partial charge on any atom is 0.164 e. The first-order chi connectivity index (χ1) is 29.8. The lowest BCUT2D eigenvalue weighted by atomic mass is 10.0. The van der Waals surface area contributed by atoms with Crippen LogP contribution in [0, 0.1) is 0 Å². The van der Waals surface area contributed by atoms with Crippen molar-refractivity contribution in [2.24, 2.45) is 0 Å². The van der Waals surface area contributed by atoms with Gasteiger partial charge >= 0.3 is 0 Å². The second-order valence-corrected chi connectivity index (χ2v) is 15.2. The largest absolute Gasteiger partial charge is 0.293 e. The number of nitrogens with zero attached hydrogens (tertiary/aromatic N) is 5. The highest BCUT2D eigenvalue weighted by molar-refractivity contribution is 6.09. The maximum atomic E-state index is 5.16. The normalized spacial score (nSPS) is 11.7. The Morgan fingerprint density at radius 2 is 0.817 bits per heavy atom. The minimum atomic E-state index is 0.631. The fraction of sp³-hybridized carbons (Fsp3) is 0. The Morgan fingerprint density at radius 1 is 0.317 bits per heavy atom. The summed E-state index contributed by atoms with van der Waals surface area (Å²) in [6, 6.07) is 75.1. The van der Waals surface area contributed by atoms with Crippen LogP contribution in [0.25, 0.3) is 111 Å². The van der Waals surface area contributed by atoms with Crippen LogP contribution >= 0.6 is 0 Å². The van der Waals surface area contributed by atoms with Crippen LogP contribution < -0.4 is 0 Å². The molecule has 0 bridgehead atoms. The molecule has 0 unspecified atom stereocenters. The SMILES string of the molecule is c1ccc(-c2c3ccccc3n3c4ccccc4n(-c4cccc(-c5ccc(-c6nc(-c7cccc8ccccc78)nc(-c7cccc8ccccc78)n6)cc5)c4)c23)cc1. The van der Waals surface area contributed by atoms with Crippen molar-refractivity contribution in [2.75, 3.05) is 0 Å². The number of fused-ring (bicyclic) bond motifs is 7. The van der Waals surface area contributed by atoms with Crippen molar-refractivity contribution < 1.29 is 0 Å². The number of hydrogen-bond acceptors (Lipinski definition) is 3. The molecule has 5 heteroatoms. The Labute approximate surface area is 346 Å². The first-order valence-corrected chi connectivity index (χ1v) is 20.3. The summed E-state index contributed by atoms with van der Waals surface area (Å²) in [7, 11) is 0. The highest BCUT2D eigenvalue weighted by Crippen LogP contribution is 2.41. The predicted octanol–water partition coefficient (Wildman–Crippen LogP) is 13.9. The first-order valence-electron chi connectivity index (χ1n) is 20.3. The highest BCUT2D eigenvalue weighted by atomic mass is 15.1. The lowest BCUT2D eigenvalue weighted by molar-refractivity contribution is 1.08. The maximum absolute atomic E-state index is 5.16. The van der Waals surface area contributed by atoms with E-state index in [9.17, 15) is 0 Å². The number of rotatable bonds is 6. The van der Waals surface area contributed by atoms with Gasteiger partial charge in [-0.05, 0) is 68.6 Å². The van der Waals surface area contributed by atoms with Gasteiger partial charge in [-0.2, -0.15) is 0 Å². The molecule has 9 aromatic carbocycles. The van der Waals surface area contributed by atoms with Crippen LogP contribution in [0.5, 0.6) is 0 Å². The zero-order valence-corrected chi connectivity index (χ0v) is 32.4. The van der Waals surface area contributed by atoms with E-state index in [0.29, 0.717) is 17.5 Å². The van der Waals surface area contributed by atoms with Crippen LogP contribution in [0.3, 0.4) is 0 Å². The Bertz CT molecular complexity index is 3490. The quantitative estimate of drug-likeness (QED) is 0.169. The number of aromatic nitrogens is 5. The van der Waals surface area contributed by atoms with Gasteiger partial charge in [0.2, 0.25) is 0 Å². The lowest BCUT2D eigenvalue weighted by Gasteiger charge is -2.13. The van der Waals surface area contributed by atoms with Crippen LogP contribution in [-0.4, -0.2) is 23.9 Å². The number of hydrogen-bond donors (Lipinski definition) is 0. The van der Waals surface area contributed by atoms with E-state index in [2.05, 4.69) is 221 Å². The standard InChI is InChI=1S/C55H35N5/c1-2-17-39(18-3-1)51-47-25-8-9-28-48(47)60-50-30-11-10-29-49(50)59(55(51)60)42-22-12-21-41(35-42)36-31-33-40(34-32-36)52-56-53(45-26-13-19-37-15-4-6-23-43(37)45)58-54(57-52)46-27-14-20-38-16-5-7-24-44(38)46/h1-35H. The van der Waals surface area contributed by atoms with E-state index in [1.165, 1.54) is 27.5 Å². The molecule has 0 aliphatic rings. The smallest absolute Gasteiger partial charge is 0.164 e. The van der Waals surface area contributed by atoms with E-state index < -0.39 is 0 Å². The van der Waals surface area contributed by atoms with Crippen molar-refractivity contribution in [1.82, 2.24) is 23.9 Å². The van der Waals surface area contributed by atoms with Crippen LogP contribution in [0.4, 0.5) is 0 Å². The minimum Gasteiger partial charge on any atom is -0.293 e. The molecule has 12 aromatic rings. The molecule has 0 N–H and O–H groups in total. The molecule has 0 amide bonds. The highest BCUT2D eigenvalue weighted by Gasteiger charge is 2.22. The molecule has 3 aromatic heterocycles. The molecule has 0 radical (unpaired) electrons. The summed E-state index contributed by atoms with van der Waals surface area (Å²) in [6.45, 7) is 0. The molecule has 3 heterocycles. The van der Waals surface area contributed by atoms with Gasteiger partial charge in [0, 0.05) is 33.3 Å². The van der Waals surface area contributed by atoms with Gasteiger partial charge in [0.25, 0.3) is 0 Å². The van der Waals surface area contributed by atoms with E-state index in [4.69, 9.17) is 15.0 Å².